The van der Waals surface area contributed by atoms with Crippen molar-refractivity contribution in [1.82, 2.24) is 0 Å². The molecule has 0 aromatic rings. The Bertz CT molecular complexity index is 333. The second-order valence-corrected chi connectivity index (χ2v) is 3.14. The number of hydrogen-bond acceptors (Lipinski definition) is 2. The molecule has 0 N–H and O–H groups in total. The molecule has 104 valence electrons. The van der Waals surface area contributed by atoms with Crippen LogP contribution in [0.15, 0.2) is 0 Å². The SMILES string of the molecule is CCC(=O)CC(=O)C(F)(F)C(F)(F)C(F)(F)F.[H-].[H-].[Mg+2]. The Morgan fingerprint density at radius 3 is 1.67 bits per heavy atom. The fourth-order valence-electron chi connectivity index (χ4n) is 0.768. The molecule has 0 amide bonds. The quantitative estimate of drug-likeness (QED) is 0.444. The van der Waals surface area contributed by atoms with E-state index in [-0.39, 0.29) is 25.9 Å². The average molecular weight is 294 g/mol. The van der Waals surface area contributed by atoms with Gasteiger partial charge in [-0.25, -0.2) is 0 Å². The first kappa shape index (κ1) is 19.9. The fraction of sp³-hybridized carbons (Fsp3) is 0.750. The van der Waals surface area contributed by atoms with Crippen molar-refractivity contribution in [2.75, 3.05) is 0 Å². The van der Waals surface area contributed by atoms with Gasteiger partial charge in [-0.1, -0.05) is 6.92 Å². The molecule has 0 aliphatic heterocycles. The molecule has 0 aliphatic rings. The Hall–Kier alpha value is -0.384. The molecule has 0 aromatic heterocycles. The van der Waals surface area contributed by atoms with E-state index in [1.54, 1.807) is 0 Å². The molecule has 0 heterocycles. The van der Waals surface area contributed by atoms with Crippen LogP contribution >= 0.6 is 0 Å². The van der Waals surface area contributed by atoms with Gasteiger partial charge in [-0.15, -0.1) is 0 Å². The van der Waals surface area contributed by atoms with E-state index in [9.17, 15) is 40.3 Å². The maximum atomic E-state index is 12.6. The summed E-state index contributed by atoms with van der Waals surface area (Å²) in [4.78, 5) is 21.1. The second kappa shape index (κ2) is 6.18. The third kappa shape index (κ3) is 3.80. The first-order valence-corrected chi connectivity index (χ1v) is 4.25. The van der Waals surface area contributed by atoms with Gasteiger partial charge in [0, 0.05) is 6.42 Å². The molecule has 2 nitrogen and oxygen atoms in total. The summed E-state index contributed by atoms with van der Waals surface area (Å²) in [5.74, 6) is -16.3. The van der Waals surface area contributed by atoms with Crippen molar-refractivity contribution in [2.24, 2.45) is 0 Å². The summed E-state index contributed by atoms with van der Waals surface area (Å²) in [6.07, 6.45) is -8.64. The molecular weight excluding hydrogens is 285 g/mol. The van der Waals surface area contributed by atoms with Crippen molar-refractivity contribution in [1.29, 1.82) is 0 Å². The topological polar surface area (TPSA) is 34.1 Å². The maximum absolute atomic E-state index is 12.6. The summed E-state index contributed by atoms with van der Waals surface area (Å²) >= 11 is 0. The van der Waals surface area contributed by atoms with Crippen LogP contribution in [0.1, 0.15) is 22.6 Å². The standard InChI is InChI=1S/C8H7F7O2.Mg.2H/c1-2-4(16)3-5(17)6(9,10)7(11,12)8(13,14)15;;;/h2-3H2,1H3;;;/q;+2;2*-1. The largest absolute Gasteiger partial charge is 2.00 e. The molecule has 0 aromatic carbocycles. The van der Waals surface area contributed by atoms with E-state index in [1.807, 2.05) is 0 Å². The van der Waals surface area contributed by atoms with Gasteiger partial charge >= 0.3 is 41.1 Å². The molecule has 10 heteroatoms. The third-order valence-corrected chi connectivity index (χ3v) is 1.85. The normalized spacial score (nSPS) is 12.9. The number of alkyl halides is 7. The molecule has 18 heavy (non-hydrogen) atoms. The van der Waals surface area contributed by atoms with Crippen LogP contribution < -0.4 is 0 Å². The van der Waals surface area contributed by atoms with E-state index < -0.39 is 42.4 Å². The summed E-state index contributed by atoms with van der Waals surface area (Å²) in [6.45, 7) is 1.15. The summed E-state index contributed by atoms with van der Waals surface area (Å²) in [7, 11) is 0. The van der Waals surface area contributed by atoms with Gasteiger partial charge < -0.3 is 2.85 Å². The Labute approximate surface area is 116 Å². The first-order chi connectivity index (χ1) is 7.38. The molecule has 0 saturated heterocycles. The molecule has 0 bridgehead atoms. The minimum Gasteiger partial charge on any atom is -1.00 e. The molecule has 0 unspecified atom stereocenters. The van der Waals surface area contributed by atoms with Crippen LogP contribution in [0, 0.1) is 0 Å². The second-order valence-electron chi connectivity index (χ2n) is 3.14. The molecule has 0 rings (SSSR count). The van der Waals surface area contributed by atoms with Crippen molar-refractivity contribution < 1.29 is 43.2 Å². The van der Waals surface area contributed by atoms with Gasteiger partial charge in [-0.3, -0.25) is 9.59 Å². The van der Waals surface area contributed by atoms with Gasteiger partial charge in [-0.2, -0.15) is 30.7 Å². The van der Waals surface area contributed by atoms with Gasteiger partial charge in [0.1, 0.15) is 5.78 Å². The number of Topliss-reactive ketones (excluding diaryl/α,β-unsaturated/α-hetero) is 2. The number of hydrogen-bond donors (Lipinski definition) is 0. The number of rotatable bonds is 5. The third-order valence-electron chi connectivity index (χ3n) is 1.85. The number of ketones is 2. The predicted molar refractivity (Wildman–Crippen MR) is 48.8 cm³/mol. The monoisotopic (exact) mass is 294 g/mol. The van der Waals surface area contributed by atoms with Crippen molar-refractivity contribution in [3.8, 4) is 0 Å². The summed E-state index contributed by atoms with van der Waals surface area (Å²) < 4.78 is 84.8. The molecule has 0 atom stereocenters. The molecule has 0 spiro atoms. The van der Waals surface area contributed by atoms with Gasteiger partial charge in [0.15, 0.2) is 0 Å². The minimum atomic E-state index is -6.57. The van der Waals surface area contributed by atoms with E-state index >= 15 is 0 Å². The van der Waals surface area contributed by atoms with Crippen molar-refractivity contribution in [2.45, 2.75) is 37.8 Å². The van der Waals surface area contributed by atoms with Crippen LogP contribution in [0.4, 0.5) is 30.7 Å². The van der Waals surface area contributed by atoms with Crippen LogP contribution in [-0.4, -0.2) is 52.6 Å². The number of carbonyl (C=O) groups is 2. The van der Waals surface area contributed by atoms with Crippen LogP contribution in [0.25, 0.3) is 0 Å². The number of carbonyl (C=O) groups excluding carboxylic acids is 2. The minimum absolute atomic E-state index is 0. The van der Waals surface area contributed by atoms with E-state index in [2.05, 4.69) is 0 Å². The Morgan fingerprint density at radius 1 is 1.00 bits per heavy atom. The van der Waals surface area contributed by atoms with Crippen molar-refractivity contribution >= 4 is 34.6 Å². The molecule has 0 saturated carbocycles. The predicted octanol–water partition coefficient (Wildman–Crippen LogP) is 2.60. The summed E-state index contributed by atoms with van der Waals surface area (Å²) in [5, 5.41) is 0. The van der Waals surface area contributed by atoms with E-state index in [4.69, 9.17) is 0 Å². The first-order valence-electron chi connectivity index (χ1n) is 4.25. The van der Waals surface area contributed by atoms with E-state index in [0.717, 1.165) is 6.92 Å². The van der Waals surface area contributed by atoms with Gasteiger partial charge in [0.25, 0.3) is 0 Å². The Kier molecular flexibility index (Phi) is 6.84. The zero-order valence-electron chi connectivity index (χ0n) is 11.1. The molecule has 0 radical (unpaired) electrons. The van der Waals surface area contributed by atoms with Crippen LogP contribution in [0.5, 0.6) is 0 Å². The summed E-state index contributed by atoms with van der Waals surface area (Å²) in [6, 6.07) is 0. The van der Waals surface area contributed by atoms with Crippen molar-refractivity contribution in [3.63, 3.8) is 0 Å². The number of halogens is 7. The Balaban J connectivity index is -0.000000427. The smallest absolute Gasteiger partial charge is 1.00 e. The van der Waals surface area contributed by atoms with Crippen molar-refractivity contribution in [3.05, 3.63) is 0 Å². The summed E-state index contributed by atoms with van der Waals surface area (Å²) in [5.41, 5.74) is 0. The average Bonchev–Trinajstić information content (AvgIpc) is 2.15. The van der Waals surface area contributed by atoms with E-state index in [0.29, 0.717) is 0 Å². The molecule has 0 aliphatic carbocycles. The maximum Gasteiger partial charge on any atom is 2.00 e. The molecular formula is C8H9F7MgO2. The van der Waals surface area contributed by atoms with Crippen LogP contribution in [0.2, 0.25) is 0 Å². The zero-order valence-corrected chi connectivity index (χ0v) is 10.5. The molecule has 0 fully saturated rings. The van der Waals surface area contributed by atoms with Crippen LogP contribution in [0.3, 0.4) is 0 Å². The Morgan fingerprint density at radius 2 is 1.39 bits per heavy atom. The van der Waals surface area contributed by atoms with Gasteiger partial charge in [0.05, 0.1) is 6.42 Å². The van der Waals surface area contributed by atoms with Crippen LogP contribution in [-0.2, 0) is 9.59 Å². The van der Waals surface area contributed by atoms with E-state index in [1.165, 1.54) is 0 Å². The zero-order chi connectivity index (χ0) is 14.1. The van der Waals surface area contributed by atoms with Gasteiger partial charge in [0.2, 0.25) is 5.78 Å². The van der Waals surface area contributed by atoms with Gasteiger partial charge in [-0.05, 0) is 0 Å². The fourth-order valence-corrected chi connectivity index (χ4v) is 0.768.